The van der Waals surface area contributed by atoms with Gasteiger partial charge in [-0.05, 0) is 193 Å². The van der Waals surface area contributed by atoms with Crippen molar-refractivity contribution in [3.05, 3.63) is 161 Å². The molecule has 11 aromatic rings. The van der Waals surface area contributed by atoms with Gasteiger partial charge in [-0.3, -0.25) is 0 Å². The quantitative estimate of drug-likeness (QED) is 0.166. The minimum Gasteiger partial charge on any atom is -0.192 e. The molecule has 2 heteroatoms. The summed E-state index contributed by atoms with van der Waals surface area (Å²) in [6, 6.07) is 53.8. The summed E-state index contributed by atoms with van der Waals surface area (Å²) >= 11 is 0. The van der Waals surface area contributed by atoms with E-state index in [1.165, 1.54) is 148 Å². The Balaban J connectivity index is 1.30. The molecule has 0 amide bonds. The normalized spacial score (nSPS) is 13.2. The monoisotopic (exact) mass is 926 g/mol. The number of hydrogen-bond acceptors (Lipinski definition) is 2. The van der Waals surface area contributed by atoms with E-state index in [0.29, 0.717) is 0 Å². The molecule has 0 saturated carbocycles. The number of hydrogen-bond donors (Lipinski definition) is 0. The van der Waals surface area contributed by atoms with E-state index in [1.54, 1.807) is 6.08 Å². The van der Waals surface area contributed by atoms with Crippen LogP contribution in [0.1, 0.15) is 111 Å². The fourth-order valence-corrected chi connectivity index (χ4v) is 12.7. The Bertz CT molecular complexity index is 4080. The first-order valence-corrected chi connectivity index (χ1v) is 25.7. The summed E-state index contributed by atoms with van der Waals surface area (Å²) in [7, 11) is 0. The van der Waals surface area contributed by atoms with Crippen molar-refractivity contribution in [3.63, 3.8) is 0 Å². The van der Waals surface area contributed by atoms with Gasteiger partial charge in [-0.15, -0.1) is 0 Å². The lowest BCUT2D eigenvalue weighted by atomic mass is 9.76. The van der Waals surface area contributed by atoms with Gasteiger partial charge < -0.3 is 0 Å². The van der Waals surface area contributed by atoms with Crippen LogP contribution in [0, 0.1) is 22.7 Å². The van der Waals surface area contributed by atoms with Crippen molar-refractivity contribution in [1.82, 2.24) is 0 Å². The first-order valence-electron chi connectivity index (χ1n) is 25.7. The molecule has 0 bridgehead atoms. The van der Waals surface area contributed by atoms with Crippen molar-refractivity contribution in [1.29, 1.82) is 10.5 Å². The highest BCUT2D eigenvalue weighted by atomic mass is 14.4. The highest BCUT2D eigenvalue weighted by Gasteiger charge is 2.34. The van der Waals surface area contributed by atoms with Crippen LogP contribution in [0.5, 0.6) is 0 Å². The number of fused-ring (bicyclic) bond motifs is 12. The molecule has 0 atom stereocenters. The van der Waals surface area contributed by atoms with Gasteiger partial charge in [0.2, 0.25) is 0 Å². The van der Waals surface area contributed by atoms with E-state index in [-0.39, 0.29) is 27.2 Å². The number of rotatable bonds is 3. The Morgan fingerprint density at radius 1 is 0.333 bits per heavy atom. The van der Waals surface area contributed by atoms with Crippen molar-refractivity contribution in [2.75, 3.05) is 0 Å². The third kappa shape index (κ3) is 6.06. The van der Waals surface area contributed by atoms with Gasteiger partial charge in [0, 0.05) is 0 Å². The van der Waals surface area contributed by atoms with Gasteiger partial charge in [0.05, 0.1) is 0 Å². The van der Waals surface area contributed by atoms with Gasteiger partial charge in [0.25, 0.3) is 0 Å². The summed E-state index contributed by atoms with van der Waals surface area (Å²) in [6.07, 6.45) is 1.70. The average molecular weight is 927 g/mol. The van der Waals surface area contributed by atoms with Gasteiger partial charge >= 0.3 is 0 Å². The van der Waals surface area contributed by atoms with Crippen LogP contribution in [-0.2, 0) is 21.7 Å². The van der Waals surface area contributed by atoms with Gasteiger partial charge in [0.15, 0.2) is 0 Å². The number of benzene rings is 9. The van der Waals surface area contributed by atoms with Crippen LogP contribution in [0.25, 0.3) is 137 Å². The van der Waals surface area contributed by atoms with Gasteiger partial charge in [0.1, 0.15) is 17.7 Å². The van der Waals surface area contributed by atoms with Crippen LogP contribution in [0.2, 0.25) is 0 Å². The molecule has 0 heterocycles. The van der Waals surface area contributed by atoms with Gasteiger partial charge in [-0.1, -0.05) is 204 Å². The van der Waals surface area contributed by atoms with Crippen LogP contribution < -0.4 is 0 Å². The van der Waals surface area contributed by atoms with E-state index in [4.69, 9.17) is 0 Å². The molecule has 0 fully saturated rings. The third-order valence-corrected chi connectivity index (χ3v) is 16.5. The lowest BCUT2D eigenvalue weighted by Gasteiger charge is -2.28. The van der Waals surface area contributed by atoms with Crippen LogP contribution in [0.15, 0.2) is 133 Å². The molecule has 2 aliphatic carbocycles. The van der Waals surface area contributed by atoms with Crippen molar-refractivity contribution in [3.8, 4) is 78.9 Å². The van der Waals surface area contributed by atoms with E-state index in [0.717, 1.165) is 11.1 Å². The smallest absolute Gasteiger partial charge is 0.130 e. The molecule has 2 nitrogen and oxygen atoms in total. The summed E-state index contributed by atoms with van der Waals surface area (Å²) < 4.78 is 0. The molecule has 0 aliphatic heterocycles. The first kappa shape index (κ1) is 44.2. The highest BCUT2D eigenvalue weighted by Crippen LogP contribution is 2.61. The lowest BCUT2D eigenvalue weighted by molar-refractivity contribution is 0.568. The Hall–Kier alpha value is -7.78. The first-order chi connectivity index (χ1) is 34.1. The molecular weight excluding hydrogens is 869 g/mol. The van der Waals surface area contributed by atoms with E-state index in [9.17, 15) is 10.5 Å². The average Bonchev–Trinajstić information content (AvgIpc) is 4.06. The topological polar surface area (TPSA) is 47.6 Å². The van der Waals surface area contributed by atoms with Crippen molar-refractivity contribution in [2.24, 2.45) is 0 Å². The minimum absolute atomic E-state index is 0.0943. The molecule has 0 N–H and O–H groups in total. The molecule has 0 unspecified atom stereocenters. The predicted molar refractivity (Wildman–Crippen MR) is 308 cm³/mol. The predicted octanol–water partition coefficient (Wildman–Crippen LogP) is 19.7. The zero-order valence-corrected chi connectivity index (χ0v) is 43.6. The molecule has 0 radical (unpaired) electrons. The summed E-state index contributed by atoms with van der Waals surface area (Å²) in [5.41, 5.74) is 21.1. The number of allylic oxidation sites excluding steroid dienone is 1. The van der Waals surface area contributed by atoms with Gasteiger partial charge in [-0.25, -0.2) is 0 Å². The lowest BCUT2D eigenvalue weighted by Crippen LogP contribution is -2.16. The van der Waals surface area contributed by atoms with E-state index >= 15 is 0 Å². The second-order valence-corrected chi connectivity index (χ2v) is 25.1. The third-order valence-electron chi connectivity index (χ3n) is 16.5. The molecule has 0 saturated heterocycles. The maximum absolute atomic E-state index is 9.71. The SMILES string of the molecule is CC(C)(C)c1cc(-c2c3c4ccc5c6c(ccc(c3c(-c3cc(C(C)(C)C)cc(C(C)(C)C)c3)c3c7ccc8c9c(ccc(c23)c97)-c2ccc(C=C(C#N)C#N)cc2-8)c64)-c2ccccc2-5)cc(C(C)(C)C)c1. The largest absolute Gasteiger partial charge is 0.192 e. The van der Waals surface area contributed by atoms with Crippen molar-refractivity contribution in [2.45, 2.75) is 105 Å². The zero-order valence-electron chi connectivity index (χ0n) is 43.6. The van der Waals surface area contributed by atoms with Crippen molar-refractivity contribution < 1.29 is 0 Å². The molecule has 2 aliphatic rings. The summed E-state index contributed by atoms with van der Waals surface area (Å²) in [5, 5.41) is 35.1. The maximum Gasteiger partial charge on any atom is 0.130 e. The summed E-state index contributed by atoms with van der Waals surface area (Å²) in [4.78, 5) is 0. The summed E-state index contributed by atoms with van der Waals surface area (Å²) in [6.45, 7) is 28.3. The second kappa shape index (κ2) is 14.4. The highest BCUT2D eigenvalue weighted by molar-refractivity contribution is 6.49. The Morgan fingerprint density at radius 3 is 0.986 bits per heavy atom. The molecule has 11 aromatic carbocycles. The van der Waals surface area contributed by atoms with E-state index in [2.05, 4.69) is 217 Å². The molecular formula is C70H58N2. The number of nitrogens with zero attached hydrogens (tertiary/aromatic N) is 2. The number of nitriles is 2. The molecule has 13 rings (SSSR count). The molecule has 348 valence electrons. The Labute approximate surface area is 423 Å². The minimum atomic E-state index is -0.0943. The van der Waals surface area contributed by atoms with Gasteiger partial charge in [-0.2, -0.15) is 10.5 Å². The van der Waals surface area contributed by atoms with Crippen LogP contribution in [0.4, 0.5) is 0 Å². The van der Waals surface area contributed by atoms with Crippen LogP contribution >= 0.6 is 0 Å². The zero-order chi connectivity index (χ0) is 50.3. The Morgan fingerprint density at radius 2 is 0.653 bits per heavy atom. The van der Waals surface area contributed by atoms with Crippen LogP contribution in [0.3, 0.4) is 0 Å². The standard InChI is InChI=1S/C70H58N2/c1-67(2,3)41-29-39(30-42(33-41)68(4,5)6)57-63-52-23-19-48-45-15-13-14-16-46(45)49-20-24-53(61(52)59(48)49)64(63)58(40-31-43(69(7,8)9)34-44(32-40)70(10,11)12)66-55-26-22-51-56-28-37(27-38(35-71)36-72)17-18-47(56)50-21-25-54(65(57)66)62(55)60(50)51/h13-34H,1-12H3. The van der Waals surface area contributed by atoms with Crippen LogP contribution in [-0.4, -0.2) is 0 Å². The maximum atomic E-state index is 9.71. The second-order valence-electron chi connectivity index (χ2n) is 25.1. The fourth-order valence-electron chi connectivity index (χ4n) is 12.7. The van der Waals surface area contributed by atoms with E-state index < -0.39 is 0 Å². The van der Waals surface area contributed by atoms with Crippen molar-refractivity contribution >= 4 is 70.7 Å². The Kier molecular flexibility index (Phi) is 8.86. The fraction of sp³-hybridized carbons (Fsp3) is 0.229. The molecule has 0 aromatic heterocycles. The van der Waals surface area contributed by atoms with E-state index in [1.807, 2.05) is 6.07 Å². The molecule has 0 spiro atoms. The summed E-state index contributed by atoms with van der Waals surface area (Å²) in [5.74, 6) is 0. The molecule has 72 heavy (non-hydrogen) atoms.